The lowest BCUT2D eigenvalue weighted by molar-refractivity contribution is 0.314. The summed E-state index contributed by atoms with van der Waals surface area (Å²) >= 11 is 0. The maximum absolute atomic E-state index is 6.15. The van der Waals surface area contributed by atoms with E-state index in [0.29, 0.717) is 0 Å². The van der Waals surface area contributed by atoms with Crippen LogP contribution in [0.5, 0.6) is 5.75 Å². The Morgan fingerprint density at radius 2 is 1.80 bits per heavy atom. The minimum Gasteiger partial charge on any atom is -0.497 e. The third-order valence-corrected chi connectivity index (χ3v) is 4.04. The maximum atomic E-state index is 6.15. The van der Waals surface area contributed by atoms with Gasteiger partial charge in [-0.2, -0.15) is 0 Å². The molecule has 3 rings (SSSR count). The molecule has 0 bridgehead atoms. The Bertz CT molecular complexity index is 620. The summed E-state index contributed by atoms with van der Waals surface area (Å²) in [5, 5.41) is 0. The number of anilines is 1. The van der Waals surface area contributed by atoms with Crippen molar-refractivity contribution in [2.24, 2.45) is 0 Å². The van der Waals surface area contributed by atoms with Crippen molar-refractivity contribution in [1.29, 1.82) is 0 Å². The topological polar surface area (TPSA) is 38.5 Å². The molecule has 0 amide bonds. The van der Waals surface area contributed by atoms with Crippen LogP contribution >= 0.6 is 0 Å². The van der Waals surface area contributed by atoms with Gasteiger partial charge in [-0.15, -0.1) is 0 Å². The summed E-state index contributed by atoms with van der Waals surface area (Å²) in [6.45, 7) is 2.02. The summed E-state index contributed by atoms with van der Waals surface area (Å²) in [6.07, 6.45) is 1.05. The van der Waals surface area contributed by atoms with Gasteiger partial charge in [-0.3, -0.25) is 0 Å². The van der Waals surface area contributed by atoms with Gasteiger partial charge in [0.1, 0.15) is 5.75 Å². The molecule has 104 valence electrons. The number of hydrogen-bond acceptors (Lipinski definition) is 3. The summed E-state index contributed by atoms with van der Waals surface area (Å²) in [7, 11) is 3.83. The molecule has 1 heterocycles. The molecule has 0 atom stereocenters. The predicted molar refractivity (Wildman–Crippen MR) is 82.9 cm³/mol. The van der Waals surface area contributed by atoms with Gasteiger partial charge < -0.3 is 15.4 Å². The number of nitrogen functional groups attached to an aromatic ring is 1. The molecule has 3 heteroatoms. The molecule has 20 heavy (non-hydrogen) atoms. The number of likely N-dealkylation sites (N-methyl/N-ethyl adjacent to an activating group) is 1. The van der Waals surface area contributed by atoms with E-state index in [1.807, 2.05) is 18.2 Å². The molecule has 2 aromatic carbocycles. The molecule has 3 nitrogen and oxygen atoms in total. The van der Waals surface area contributed by atoms with Gasteiger partial charge in [0.05, 0.1) is 7.11 Å². The Kier molecular flexibility index (Phi) is 3.36. The van der Waals surface area contributed by atoms with Gasteiger partial charge >= 0.3 is 0 Å². The lowest BCUT2D eigenvalue weighted by Gasteiger charge is -2.28. The van der Waals surface area contributed by atoms with E-state index in [-0.39, 0.29) is 0 Å². The van der Waals surface area contributed by atoms with E-state index in [9.17, 15) is 0 Å². The van der Waals surface area contributed by atoms with Crippen LogP contribution in [0.25, 0.3) is 11.1 Å². The summed E-state index contributed by atoms with van der Waals surface area (Å²) in [4.78, 5) is 2.32. The standard InChI is InChI=1S/C17H20N2O/c1-19-10-9-15-14(7-8-17(18)16(15)11-19)12-3-5-13(20-2)6-4-12/h3-8H,9-11,18H2,1-2H3. The number of nitrogens with zero attached hydrogens (tertiary/aromatic N) is 1. The summed E-state index contributed by atoms with van der Waals surface area (Å²) in [5.41, 5.74) is 12.3. The Balaban J connectivity index is 2.07. The fourth-order valence-electron chi connectivity index (χ4n) is 2.88. The van der Waals surface area contributed by atoms with Gasteiger partial charge in [-0.05, 0) is 53.9 Å². The van der Waals surface area contributed by atoms with Gasteiger partial charge in [-0.1, -0.05) is 18.2 Å². The third kappa shape index (κ3) is 2.25. The molecule has 0 spiro atoms. The first kappa shape index (κ1) is 13.0. The quantitative estimate of drug-likeness (QED) is 0.851. The fraction of sp³-hybridized carbons (Fsp3) is 0.294. The van der Waals surface area contributed by atoms with E-state index in [4.69, 9.17) is 10.5 Å². The lowest BCUT2D eigenvalue weighted by atomic mass is 9.90. The first-order valence-corrected chi connectivity index (χ1v) is 6.92. The summed E-state index contributed by atoms with van der Waals surface area (Å²) < 4.78 is 5.22. The minimum absolute atomic E-state index is 0.887. The lowest BCUT2D eigenvalue weighted by Crippen LogP contribution is -2.27. The van der Waals surface area contributed by atoms with Gasteiger partial charge in [0.15, 0.2) is 0 Å². The van der Waals surface area contributed by atoms with E-state index in [1.165, 1.54) is 22.3 Å². The molecule has 0 aromatic heterocycles. The number of nitrogens with two attached hydrogens (primary N) is 1. The minimum atomic E-state index is 0.887. The number of benzene rings is 2. The average Bonchev–Trinajstić information content (AvgIpc) is 2.48. The van der Waals surface area contributed by atoms with Gasteiger partial charge in [0, 0.05) is 18.8 Å². The van der Waals surface area contributed by atoms with Crippen LogP contribution in [0.4, 0.5) is 5.69 Å². The number of rotatable bonds is 2. The molecule has 0 saturated carbocycles. The van der Waals surface area contributed by atoms with Crippen molar-refractivity contribution in [3.05, 3.63) is 47.5 Å². The molecule has 0 saturated heterocycles. The zero-order valence-corrected chi connectivity index (χ0v) is 12.0. The van der Waals surface area contributed by atoms with Crippen LogP contribution in [0.2, 0.25) is 0 Å². The normalized spacial score (nSPS) is 14.9. The number of hydrogen-bond donors (Lipinski definition) is 1. The van der Waals surface area contributed by atoms with Crippen LogP contribution in [0.1, 0.15) is 11.1 Å². The summed E-state index contributed by atoms with van der Waals surface area (Å²) in [6, 6.07) is 12.4. The Hall–Kier alpha value is -2.00. The van der Waals surface area contributed by atoms with Crippen LogP contribution < -0.4 is 10.5 Å². The van der Waals surface area contributed by atoms with Crippen molar-refractivity contribution in [1.82, 2.24) is 4.90 Å². The predicted octanol–water partition coefficient (Wildman–Crippen LogP) is 2.93. The Labute approximate surface area is 120 Å². The maximum Gasteiger partial charge on any atom is 0.118 e. The molecule has 2 N–H and O–H groups in total. The summed E-state index contributed by atoms with van der Waals surface area (Å²) in [5.74, 6) is 0.887. The highest BCUT2D eigenvalue weighted by Gasteiger charge is 2.19. The second kappa shape index (κ2) is 5.17. The highest BCUT2D eigenvalue weighted by atomic mass is 16.5. The fourth-order valence-corrected chi connectivity index (χ4v) is 2.88. The molecular weight excluding hydrogens is 248 g/mol. The number of fused-ring (bicyclic) bond motifs is 1. The Morgan fingerprint density at radius 3 is 2.50 bits per heavy atom. The molecule has 0 fully saturated rings. The highest BCUT2D eigenvalue weighted by Crippen LogP contribution is 2.33. The van der Waals surface area contributed by atoms with Crippen LogP contribution in [0, 0.1) is 0 Å². The first-order chi connectivity index (χ1) is 9.69. The van der Waals surface area contributed by atoms with Gasteiger partial charge in [-0.25, -0.2) is 0 Å². The zero-order chi connectivity index (χ0) is 14.1. The highest BCUT2D eigenvalue weighted by molar-refractivity contribution is 5.73. The van der Waals surface area contributed by atoms with E-state index in [2.05, 4.69) is 30.1 Å². The van der Waals surface area contributed by atoms with E-state index in [1.54, 1.807) is 7.11 Å². The van der Waals surface area contributed by atoms with E-state index >= 15 is 0 Å². The first-order valence-electron chi connectivity index (χ1n) is 6.92. The van der Waals surface area contributed by atoms with Crippen molar-refractivity contribution < 1.29 is 4.74 Å². The smallest absolute Gasteiger partial charge is 0.118 e. The van der Waals surface area contributed by atoms with E-state index < -0.39 is 0 Å². The second-order valence-corrected chi connectivity index (χ2v) is 5.38. The van der Waals surface area contributed by atoms with Gasteiger partial charge in [0.25, 0.3) is 0 Å². The van der Waals surface area contributed by atoms with E-state index in [0.717, 1.165) is 30.9 Å². The van der Waals surface area contributed by atoms with Crippen LogP contribution in [-0.2, 0) is 13.0 Å². The molecule has 0 unspecified atom stereocenters. The third-order valence-electron chi connectivity index (χ3n) is 4.04. The van der Waals surface area contributed by atoms with Crippen molar-refractivity contribution in [2.75, 3.05) is 26.4 Å². The SMILES string of the molecule is COc1ccc(-c2ccc(N)c3c2CCN(C)C3)cc1. The van der Waals surface area contributed by atoms with Crippen molar-refractivity contribution in [2.45, 2.75) is 13.0 Å². The molecule has 1 aliphatic rings. The Morgan fingerprint density at radius 1 is 1.05 bits per heavy atom. The number of ether oxygens (including phenoxy) is 1. The van der Waals surface area contributed by atoms with Crippen LogP contribution in [-0.4, -0.2) is 25.6 Å². The van der Waals surface area contributed by atoms with Crippen molar-refractivity contribution in [3.63, 3.8) is 0 Å². The second-order valence-electron chi connectivity index (χ2n) is 5.38. The molecule has 2 aromatic rings. The monoisotopic (exact) mass is 268 g/mol. The van der Waals surface area contributed by atoms with Crippen molar-refractivity contribution >= 4 is 5.69 Å². The van der Waals surface area contributed by atoms with Crippen molar-refractivity contribution in [3.8, 4) is 16.9 Å². The number of methoxy groups -OCH3 is 1. The van der Waals surface area contributed by atoms with Gasteiger partial charge in [0.2, 0.25) is 0 Å². The largest absolute Gasteiger partial charge is 0.497 e. The van der Waals surface area contributed by atoms with Crippen LogP contribution in [0.3, 0.4) is 0 Å². The molecule has 0 aliphatic carbocycles. The molecule has 0 radical (unpaired) electrons. The molecule has 1 aliphatic heterocycles. The molecular formula is C17H20N2O. The average molecular weight is 268 g/mol. The van der Waals surface area contributed by atoms with Crippen LogP contribution in [0.15, 0.2) is 36.4 Å². The zero-order valence-electron chi connectivity index (χ0n) is 12.0.